The predicted molar refractivity (Wildman–Crippen MR) is 174 cm³/mol. The molecule has 0 saturated carbocycles. The first kappa shape index (κ1) is 34.5. The molecule has 37 heavy (non-hydrogen) atoms. The zero-order chi connectivity index (χ0) is 26.7. The Morgan fingerprint density at radius 2 is 0.676 bits per heavy atom. The van der Waals surface area contributed by atoms with E-state index in [4.69, 9.17) is 0 Å². The van der Waals surface area contributed by atoms with Crippen LogP contribution in [0.1, 0.15) is 167 Å². The fourth-order valence-corrected chi connectivity index (χ4v) is 8.36. The quantitative estimate of drug-likeness (QED) is 0.0750. The van der Waals surface area contributed by atoms with Crippen LogP contribution in [0.4, 0.5) is 0 Å². The number of rotatable bonds is 28. The van der Waals surface area contributed by atoms with Gasteiger partial charge in [-0.3, -0.25) is 0 Å². The average Bonchev–Trinajstić information content (AvgIpc) is 2.91. The van der Waals surface area contributed by atoms with Crippen molar-refractivity contribution in [3.05, 3.63) is 37.3 Å². The van der Waals surface area contributed by atoms with Crippen LogP contribution in [0.5, 0.6) is 0 Å². The number of benzene rings is 1. The SMILES string of the molecule is [CH2]CCCCCCCCCCCCCCCCCCCCCCCCCCC[Si](C)(C)c1ccccc1. The Morgan fingerprint density at radius 3 is 0.973 bits per heavy atom. The third-order valence-corrected chi connectivity index (χ3v) is 12.1. The Kier molecular flexibility index (Phi) is 23.9. The molecule has 0 nitrogen and oxygen atoms in total. The van der Waals surface area contributed by atoms with Crippen molar-refractivity contribution >= 4 is 13.3 Å². The fourth-order valence-electron chi connectivity index (χ4n) is 5.84. The van der Waals surface area contributed by atoms with E-state index in [0.29, 0.717) is 0 Å². The van der Waals surface area contributed by atoms with E-state index in [2.05, 4.69) is 50.3 Å². The Morgan fingerprint density at radius 1 is 0.405 bits per heavy atom. The van der Waals surface area contributed by atoms with Crippen molar-refractivity contribution in [3.63, 3.8) is 0 Å². The molecular formula is C36H67Si. The van der Waals surface area contributed by atoms with Gasteiger partial charge >= 0.3 is 0 Å². The molecule has 0 atom stereocenters. The zero-order valence-electron chi connectivity index (χ0n) is 25.7. The van der Waals surface area contributed by atoms with Crippen LogP contribution in [0.2, 0.25) is 19.1 Å². The normalized spacial score (nSPS) is 11.9. The third-order valence-electron chi connectivity index (χ3n) is 8.61. The van der Waals surface area contributed by atoms with E-state index in [0.717, 1.165) is 6.42 Å². The highest BCUT2D eigenvalue weighted by atomic mass is 28.3. The van der Waals surface area contributed by atoms with E-state index in [-0.39, 0.29) is 0 Å². The van der Waals surface area contributed by atoms with Gasteiger partial charge in [-0.15, -0.1) is 0 Å². The van der Waals surface area contributed by atoms with Crippen LogP contribution in [-0.2, 0) is 0 Å². The Hall–Kier alpha value is -0.563. The minimum Gasteiger partial charge on any atom is -0.0654 e. The molecule has 0 unspecified atom stereocenters. The maximum Gasteiger partial charge on any atom is 0.0806 e. The predicted octanol–water partition coefficient (Wildman–Crippen LogP) is 12.6. The van der Waals surface area contributed by atoms with Gasteiger partial charge < -0.3 is 0 Å². The molecule has 0 amide bonds. The molecule has 1 radical (unpaired) electrons. The highest BCUT2D eigenvalue weighted by Crippen LogP contribution is 2.18. The summed E-state index contributed by atoms with van der Waals surface area (Å²) < 4.78 is 0. The van der Waals surface area contributed by atoms with E-state index >= 15 is 0 Å². The van der Waals surface area contributed by atoms with Gasteiger partial charge in [-0.1, -0.05) is 229 Å². The van der Waals surface area contributed by atoms with Gasteiger partial charge in [0.25, 0.3) is 0 Å². The van der Waals surface area contributed by atoms with Gasteiger partial charge in [-0.05, 0) is 0 Å². The molecule has 1 rings (SSSR count). The second kappa shape index (κ2) is 25.7. The van der Waals surface area contributed by atoms with Gasteiger partial charge in [0.05, 0.1) is 8.07 Å². The molecule has 215 valence electrons. The minimum absolute atomic E-state index is 1.12. The molecule has 0 aliphatic heterocycles. The molecule has 0 N–H and O–H groups in total. The third kappa shape index (κ3) is 22.0. The van der Waals surface area contributed by atoms with Gasteiger partial charge in [0.2, 0.25) is 0 Å². The smallest absolute Gasteiger partial charge is 0.0654 e. The molecule has 0 aliphatic carbocycles. The van der Waals surface area contributed by atoms with Gasteiger partial charge in [-0.2, -0.15) is 0 Å². The van der Waals surface area contributed by atoms with E-state index in [1.54, 1.807) is 5.19 Å². The fraction of sp³-hybridized carbons (Fsp3) is 0.806. The van der Waals surface area contributed by atoms with Gasteiger partial charge in [0, 0.05) is 0 Å². The standard InChI is InChI=1S/C36H67Si/c1-4-5-6-7-8-9-10-11-12-13-14-15-16-17-18-19-20-21-22-23-24-25-26-27-28-32-35-37(2,3)36-33-30-29-31-34-36/h29-31,33-34H,1,4-28,32,35H2,2-3H3. The summed E-state index contributed by atoms with van der Waals surface area (Å²) in [5.74, 6) is 0. The van der Waals surface area contributed by atoms with Crippen LogP contribution < -0.4 is 5.19 Å². The van der Waals surface area contributed by atoms with Crippen molar-refractivity contribution in [1.82, 2.24) is 0 Å². The summed E-state index contributed by atoms with van der Waals surface area (Å²) in [7, 11) is -1.20. The lowest BCUT2D eigenvalue weighted by atomic mass is 10.0. The molecule has 0 fully saturated rings. The van der Waals surface area contributed by atoms with Crippen molar-refractivity contribution in [3.8, 4) is 0 Å². The summed E-state index contributed by atoms with van der Waals surface area (Å²) in [6.07, 6.45) is 37.7. The average molecular weight is 528 g/mol. The molecule has 0 bridgehead atoms. The molecule has 1 aromatic rings. The summed E-state index contributed by atoms with van der Waals surface area (Å²) in [5, 5.41) is 1.63. The van der Waals surface area contributed by atoms with Crippen LogP contribution in [-0.4, -0.2) is 8.07 Å². The minimum atomic E-state index is -1.20. The topological polar surface area (TPSA) is 0 Å². The van der Waals surface area contributed by atoms with Crippen molar-refractivity contribution in [2.24, 2.45) is 0 Å². The number of hydrogen-bond donors (Lipinski definition) is 0. The van der Waals surface area contributed by atoms with Crippen molar-refractivity contribution in [2.45, 2.75) is 186 Å². The van der Waals surface area contributed by atoms with Crippen molar-refractivity contribution in [1.29, 1.82) is 0 Å². The number of hydrogen-bond acceptors (Lipinski definition) is 0. The second-order valence-electron chi connectivity index (χ2n) is 12.7. The number of unbranched alkanes of at least 4 members (excludes halogenated alkanes) is 25. The van der Waals surface area contributed by atoms with Crippen LogP contribution in [0.25, 0.3) is 0 Å². The zero-order valence-corrected chi connectivity index (χ0v) is 26.7. The first-order chi connectivity index (χ1) is 18.2. The van der Waals surface area contributed by atoms with Gasteiger partial charge in [0.15, 0.2) is 0 Å². The van der Waals surface area contributed by atoms with Gasteiger partial charge in [-0.25, -0.2) is 0 Å². The highest BCUT2D eigenvalue weighted by Gasteiger charge is 2.21. The molecule has 0 aromatic heterocycles. The van der Waals surface area contributed by atoms with E-state index in [9.17, 15) is 0 Å². The molecule has 0 saturated heterocycles. The maximum atomic E-state index is 3.93. The molecule has 0 aliphatic rings. The maximum absolute atomic E-state index is 3.93. The van der Waals surface area contributed by atoms with Gasteiger partial charge in [0.1, 0.15) is 0 Å². The lowest BCUT2D eigenvalue weighted by molar-refractivity contribution is 0.516. The van der Waals surface area contributed by atoms with Crippen molar-refractivity contribution in [2.75, 3.05) is 0 Å². The van der Waals surface area contributed by atoms with Crippen molar-refractivity contribution < 1.29 is 0 Å². The summed E-state index contributed by atoms with van der Waals surface area (Å²) >= 11 is 0. The van der Waals surface area contributed by atoms with Crippen LogP contribution in [0.3, 0.4) is 0 Å². The Labute approximate surface area is 236 Å². The largest absolute Gasteiger partial charge is 0.0806 e. The first-order valence-electron chi connectivity index (χ1n) is 17.0. The van der Waals surface area contributed by atoms with E-state index in [1.807, 2.05) is 0 Å². The molecular weight excluding hydrogens is 460 g/mol. The molecule has 1 heteroatoms. The first-order valence-corrected chi connectivity index (χ1v) is 20.2. The molecule has 1 aromatic carbocycles. The van der Waals surface area contributed by atoms with E-state index < -0.39 is 8.07 Å². The lowest BCUT2D eigenvalue weighted by Crippen LogP contribution is -2.40. The lowest BCUT2D eigenvalue weighted by Gasteiger charge is -2.22. The summed E-state index contributed by atoms with van der Waals surface area (Å²) in [5.41, 5.74) is 0. The Balaban J connectivity index is 1.70. The molecule has 0 heterocycles. The summed E-state index contributed by atoms with van der Waals surface area (Å²) in [4.78, 5) is 0. The highest BCUT2D eigenvalue weighted by molar-refractivity contribution is 6.89. The Bertz CT molecular complexity index is 563. The van der Waals surface area contributed by atoms with Crippen LogP contribution in [0.15, 0.2) is 30.3 Å². The molecule has 0 spiro atoms. The monoisotopic (exact) mass is 528 g/mol. The van der Waals surface area contributed by atoms with E-state index in [1.165, 1.54) is 167 Å². The summed E-state index contributed by atoms with van der Waals surface area (Å²) in [6.45, 7) is 9.01. The second-order valence-corrected chi connectivity index (χ2v) is 17.5. The van der Waals surface area contributed by atoms with Crippen LogP contribution >= 0.6 is 0 Å². The summed E-state index contributed by atoms with van der Waals surface area (Å²) in [6, 6.07) is 12.7. The van der Waals surface area contributed by atoms with Crippen LogP contribution in [0, 0.1) is 6.92 Å².